The average Bonchev–Trinajstić information content (AvgIpc) is 2.74. The standard InChI is InChI=1S/C14H16N2O/c1-2-10-7-11-8-15-13-6-4-3-5-12(13)14(17)16(11)9-10/h2-6,11,15H,7-9H2,1H3/b10-2-/t11-/m0/s1. The van der Waals surface area contributed by atoms with Crippen molar-refractivity contribution in [3.8, 4) is 0 Å². The fraction of sp³-hybridized carbons (Fsp3) is 0.357. The van der Waals surface area contributed by atoms with Gasteiger partial charge < -0.3 is 10.2 Å². The number of para-hydroxylation sites is 1. The molecule has 3 rings (SSSR count). The monoisotopic (exact) mass is 228 g/mol. The topological polar surface area (TPSA) is 32.3 Å². The van der Waals surface area contributed by atoms with E-state index in [0.29, 0.717) is 6.04 Å². The number of hydrogen-bond acceptors (Lipinski definition) is 2. The number of anilines is 1. The van der Waals surface area contributed by atoms with E-state index < -0.39 is 0 Å². The molecule has 1 fully saturated rings. The molecule has 2 aliphatic rings. The molecule has 2 aliphatic heterocycles. The summed E-state index contributed by atoms with van der Waals surface area (Å²) in [5, 5.41) is 3.38. The summed E-state index contributed by atoms with van der Waals surface area (Å²) in [6.45, 7) is 3.68. The number of hydrogen-bond donors (Lipinski definition) is 1. The Morgan fingerprint density at radius 3 is 3.06 bits per heavy atom. The Hall–Kier alpha value is -1.77. The third-order valence-corrected chi connectivity index (χ3v) is 3.67. The maximum absolute atomic E-state index is 12.4. The molecule has 1 aromatic rings. The minimum atomic E-state index is 0.160. The van der Waals surface area contributed by atoms with Crippen molar-refractivity contribution in [3.05, 3.63) is 41.5 Å². The van der Waals surface area contributed by atoms with Crippen molar-refractivity contribution in [2.75, 3.05) is 18.4 Å². The first-order valence-electron chi connectivity index (χ1n) is 6.07. The molecule has 1 N–H and O–H groups in total. The average molecular weight is 228 g/mol. The number of carbonyl (C=O) groups is 1. The lowest BCUT2D eigenvalue weighted by Gasteiger charge is -2.20. The Kier molecular flexibility index (Phi) is 2.39. The highest BCUT2D eigenvalue weighted by molar-refractivity contribution is 6.00. The molecule has 0 radical (unpaired) electrons. The molecule has 0 spiro atoms. The second-order valence-corrected chi connectivity index (χ2v) is 4.66. The molecule has 17 heavy (non-hydrogen) atoms. The molecule has 88 valence electrons. The van der Waals surface area contributed by atoms with Gasteiger partial charge in [-0.3, -0.25) is 4.79 Å². The summed E-state index contributed by atoms with van der Waals surface area (Å²) in [7, 11) is 0. The van der Waals surface area contributed by atoms with Gasteiger partial charge in [-0.1, -0.05) is 23.8 Å². The van der Waals surface area contributed by atoms with Crippen LogP contribution in [-0.4, -0.2) is 29.9 Å². The molecule has 1 atom stereocenters. The highest BCUT2D eigenvalue weighted by atomic mass is 16.2. The Balaban J connectivity index is 1.99. The van der Waals surface area contributed by atoms with Gasteiger partial charge in [0.25, 0.3) is 5.91 Å². The van der Waals surface area contributed by atoms with Crippen molar-refractivity contribution in [3.63, 3.8) is 0 Å². The quantitative estimate of drug-likeness (QED) is 0.691. The maximum atomic E-state index is 12.4. The van der Waals surface area contributed by atoms with Crippen LogP contribution in [0, 0.1) is 0 Å². The lowest BCUT2D eigenvalue weighted by molar-refractivity contribution is 0.0753. The summed E-state index contributed by atoms with van der Waals surface area (Å²) in [5.41, 5.74) is 3.13. The van der Waals surface area contributed by atoms with E-state index in [1.807, 2.05) is 36.1 Å². The van der Waals surface area contributed by atoms with Crippen LogP contribution >= 0.6 is 0 Å². The number of carbonyl (C=O) groups excluding carboxylic acids is 1. The van der Waals surface area contributed by atoms with Crippen molar-refractivity contribution in [2.24, 2.45) is 0 Å². The van der Waals surface area contributed by atoms with Gasteiger partial charge in [-0.2, -0.15) is 0 Å². The van der Waals surface area contributed by atoms with Gasteiger partial charge in [-0.05, 0) is 25.5 Å². The summed E-state index contributed by atoms with van der Waals surface area (Å²) in [6.07, 6.45) is 3.14. The molecular weight excluding hydrogens is 212 g/mol. The van der Waals surface area contributed by atoms with Gasteiger partial charge in [0.1, 0.15) is 0 Å². The second kappa shape index (κ2) is 3.91. The van der Waals surface area contributed by atoms with Gasteiger partial charge in [0.2, 0.25) is 0 Å². The predicted octanol–water partition coefficient (Wildman–Crippen LogP) is 2.27. The van der Waals surface area contributed by atoms with Crippen molar-refractivity contribution in [2.45, 2.75) is 19.4 Å². The van der Waals surface area contributed by atoms with Crippen LogP contribution in [0.5, 0.6) is 0 Å². The summed E-state index contributed by atoms with van der Waals surface area (Å²) in [4.78, 5) is 14.4. The first kappa shape index (κ1) is 10.4. The van der Waals surface area contributed by atoms with Crippen molar-refractivity contribution >= 4 is 11.6 Å². The summed E-state index contributed by atoms with van der Waals surface area (Å²) < 4.78 is 0. The van der Waals surface area contributed by atoms with Crippen LogP contribution in [0.4, 0.5) is 5.69 Å². The summed E-state index contributed by atoms with van der Waals surface area (Å²) in [5.74, 6) is 0.160. The molecule has 0 aromatic heterocycles. The molecule has 0 unspecified atom stereocenters. The molecule has 1 saturated heterocycles. The molecule has 3 heteroatoms. The number of amides is 1. The first-order valence-corrected chi connectivity index (χ1v) is 6.07. The third-order valence-electron chi connectivity index (χ3n) is 3.67. The summed E-state index contributed by atoms with van der Waals surface area (Å²) in [6, 6.07) is 8.08. The number of rotatable bonds is 0. The molecule has 0 saturated carbocycles. The molecular formula is C14H16N2O. The Labute approximate surface area is 101 Å². The minimum Gasteiger partial charge on any atom is -0.382 e. The first-order chi connectivity index (χ1) is 8.29. The van der Waals surface area contributed by atoms with E-state index in [0.717, 1.165) is 30.8 Å². The van der Waals surface area contributed by atoms with E-state index in [2.05, 4.69) is 11.4 Å². The number of nitrogens with zero attached hydrogens (tertiary/aromatic N) is 1. The van der Waals surface area contributed by atoms with Crippen molar-refractivity contribution in [1.29, 1.82) is 0 Å². The fourth-order valence-electron chi connectivity index (χ4n) is 2.66. The van der Waals surface area contributed by atoms with E-state index in [1.54, 1.807) is 0 Å². The van der Waals surface area contributed by atoms with E-state index in [4.69, 9.17) is 0 Å². The smallest absolute Gasteiger partial charge is 0.256 e. The number of benzene rings is 1. The lowest BCUT2D eigenvalue weighted by Crippen LogP contribution is -2.36. The summed E-state index contributed by atoms with van der Waals surface area (Å²) >= 11 is 0. The van der Waals surface area contributed by atoms with Gasteiger partial charge in [0, 0.05) is 18.8 Å². The van der Waals surface area contributed by atoms with Crippen LogP contribution in [0.15, 0.2) is 35.9 Å². The van der Waals surface area contributed by atoms with Gasteiger partial charge in [0.05, 0.1) is 11.6 Å². The number of fused-ring (bicyclic) bond motifs is 2. The molecule has 0 aliphatic carbocycles. The van der Waals surface area contributed by atoms with Crippen molar-refractivity contribution < 1.29 is 4.79 Å². The van der Waals surface area contributed by atoms with Gasteiger partial charge in [-0.15, -0.1) is 0 Å². The normalized spacial score (nSPS) is 25.2. The molecule has 0 bridgehead atoms. The second-order valence-electron chi connectivity index (χ2n) is 4.66. The maximum Gasteiger partial charge on any atom is 0.256 e. The zero-order valence-electron chi connectivity index (χ0n) is 9.94. The highest BCUT2D eigenvalue weighted by Gasteiger charge is 2.34. The van der Waals surface area contributed by atoms with Crippen LogP contribution in [0.1, 0.15) is 23.7 Å². The Morgan fingerprint density at radius 2 is 2.24 bits per heavy atom. The Morgan fingerprint density at radius 1 is 1.41 bits per heavy atom. The SMILES string of the molecule is C/C=C1/C[C@H]2CNc3ccccc3C(=O)N2C1. The van der Waals surface area contributed by atoms with Crippen LogP contribution in [0.2, 0.25) is 0 Å². The zero-order valence-corrected chi connectivity index (χ0v) is 9.94. The van der Waals surface area contributed by atoms with Crippen LogP contribution in [-0.2, 0) is 0 Å². The van der Waals surface area contributed by atoms with E-state index in [9.17, 15) is 4.79 Å². The minimum absolute atomic E-state index is 0.160. The molecule has 2 heterocycles. The van der Waals surface area contributed by atoms with Crippen LogP contribution < -0.4 is 5.32 Å². The highest BCUT2D eigenvalue weighted by Crippen LogP contribution is 2.29. The number of nitrogens with one attached hydrogen (secondary N) is 1. The molecule has 1 amide bonds. The van der Waals surface area contributed by atoms with E-state index in [-0.39, 0.29) is 5.91 Å². The predicted molar refractivity (Wildman–Crippen MR) is 68.1 cm³/mol. The van der Waals surface area contributed by atoms with Gasteiger partial charge in [-0.25, -0.2) is 0 Å². The number of allylic oxidation sites excluding steroid dienone is 1. The van der Waals surface area contributed by atoms with Crippen LogP contribution in [0.25, 0.3) is 0 Å². The van der Waals surface area contributed by atoms with Crippen LogP contribution in [0.3, 0.4) is 0 Å². The Bertz CT molecular complexity index is 493. The molecule has 3 nitrogen and oxygen atoms in total. The zero-order chi connectivity index (χ0) is 11.8. The van der Waals surface area contributed by atoms with E-state index in [1.165, 1.54) is 5.57 Å². The van der Waals surface area contributed by atoms with Gasteiger partial charge in [0.15, 0.2) is 0 Å². The molecule has 1 aromatic carbocycles. The fourth-order valence-corrected chi connectivity index (χ4v) is 2.66. The third kappa shape index (κ3) is 1.62. The lowest BCUT2D eigenvalue weighted by atomic mass is 10.1. The van der Waals surface area contributed by atoms with E-state index >= 15 is 0 Å². The van der Waals surface area contributed by atoms with Gasteiger partial charge >= 0.3 is 0 Å². The van der Waals surface area contributed by atoms with Crippen molar-refractivity contribution in [1.82, 2.24) is 4.90 Å². The largest absolute Gasteiger partial charge is 0.382 e.